The number of piperidine rings is 1. The van der Waals surface area contributed by atoms with Crippen LogP contribution in [0.15, 0.2) is 36.5 Å². The van der Waals surface area contributed by atoms with E-state index in [9.17, 15) is 4.79 Å². The van der Waals surface area contributed by atoms with Crippen molar-refractivity contribution in [2.75, 3.05) is 13.1 Å². The van der Waals surface area contributed by atoms with Crippen molar-refractivity contribution in [3.05, 3.63) is 53.6 Å². The van der Waals surface area contributed by atoms with Crippen LogP contribution in [0.1, 0.15) is 34.7 Å². The van der Waals surface area contributed by atoms with E-state index in [1.165, 1.54) is 0 Å². The highest BCUT2D eigenvalue weighted by molar-refractivity contribution is 6.06. The number of fused-ring (bicyclic) bond motifs is 1. The Kier molecular flexibility index (Phi) is 4.32. The summed E-state index contributed by atoms with van der Waals surface area (Å²) in [6.07, 6.45) is 3.59. The molecule has 0 saturated carbocycles. The van der Waals surface area contributed by atoms with E-state index in [0.29, 0.717) is 18.2 Å². The predicted octanol–water partition coefficient (Wildman–Crippen LogP) is 3.26. The van der Waals surface area contributed by atoms with E-state index in [0.717, 1.165) is 41.5 Å². The van der Waals surface area contributed by atoms with E-state index in [1.54, 1.807) is 6.20 Å². The number of nitrogens with zero attached hydrogens (tertiary/aromatic N) is 3. The Morgan fingerprint density at radius 3 is 2.96 bits per heavy atom. The topological polar surface area (TPSA) is 71.1 Å². The molecule has 1 aliphatic rings. The summed E-state index contributed by atoms with van der Waals surface area (Å²) in [6.45, 7) is 5.10. The molecule has 3 heterocycles. The number of aryl methyl sites for hydroxylation is 2. The molecule has 1 fully saturated rings. The van der Waals surface area contributed by atoms with Crippen LogP contribution in [0.4, 0.5) is 0 Å². The Morgan fingerprint density at radius 2 is 2.12 bits per heavy atom. The van der Waals surface area contributed by atoms with Crippen LogP contribution in [0.25, 0.3) is 10.9 Å². The molecule has 134 valence electrons. The summed E-state index contributed by atoms with van der Waals surface area (Å²) < 4.78 is 6.05. The Bertz CT molecular complexity index is 930. The lowest BCUT2D eigenvalue weighted by atomic mass is 10.1. The van der Waals surface area contributed by atoms with Gasteiger partial charge in [-0.05, 0) is 32.8 Å². The second kappa shape index (κ2) is 6.78. The minimum Gasteiger partial charge on any atom is -0.472 e. The molecule has 1 amide bonds. The minimum absolute atomic E-state index is 0.0470. The Labute approximate surface area is 152 Å². The highest BCUT2D eigenvalue weighted by Crippen LogP contribution is 2.23. The van der Waals surface area contributed by atoms with Gasteiger partial charge in [-0.3, -0.25) is 4.79 Å². The quantitative estimate of drug-likeness (QED) is 0.787. The van der Waals surface area contributed by atoms with Gasteiger partial charge in [0.2, 0.25) is 5.88 Å². The van der Waals surface area contributed by atoms with E-state index < -0.39 is 0 Å². The van der Waals surface area contributed by atoms with Gasteiger partial charge in [-0.15, -0.1) is 0 Å². The molecule has 6 nitrogen and oxygen atoms in total. The third-order valence-corrected chi connectivity index (χ3v) is 4.71. The summed E-state index contributed by atoms with van der Waals surface area (Å²) in [4.78, 5) is 26.7. The first-order chi connectivity index (χ1) is 12.6. The van der Waals surface area contributed by atoms with Gasteiger partial charge in [-0.2, -0.15) is 4.98 Å². The van der Waals surface area contributed by atoms with Crippen molar-refractivity contribution < 1.29 is 9.53 Å². The van der Waals surface area contributed by atoms with Gasteiger partial charge >= 0.3 is 0 Å². The van der Waals surface area contributed by atoms with Gasteiger partial charge in [0.1, 0.15) is 11.9 Å². The van der Waals surface area contributed by atoms with Crippen molar-refractivity contribution in [2.45, 2.75) is 32.8 Å². The molecule has 0 spiro atoms. The zero-order valence-electron chi connectivity index (χ0n) is 15.0. The molecule has 1 aromatic carbocycles. The number of aromatic amines is 1. The van der Waals surface area contributed by atoms with Gasteiger partial charge in [0.25, 0.3) is 5.91 Å². The molecule has 2 aromatic heterocycles. The van der Waals surface area contributed by atoms with Crippen LogP contribution in [0, 0.1) is 13.8 Å². The van der Waals surface area contributed by atoms with Crippen molar-refractivity contribution in [3.63, 3.8) is 0 Å². The second-order valence-electron chi connectivity index (χ2n) is 6.78. The number of carbonyl (C=O) groups is 1. The molecule has 1 aliphatic heterocycles. The van der Waals surface area contributed by atoms with Gasteiger partial charge in [0, 0.05) is 35.4 Å². The summed E-state index contributed by atoms with van der Waals surface area (Å²) in [7, 11) is 0. The first-order valence-electron chi connectivity index (χ1n) is 8.94. The molecule has 26 heavy (non-hydrogen) atoms. The highest BCUT2D eigenvalue weighted by Gasteiger charge is 2.27. The largest absolute Gasteiger partial charge is 0.472 e. The van der Waals surface area contributed by atoms with Gasteiger partial charge in [0.15, 0.2) is 0 Å². The number of aromatic nitrogens is 3. The van der Waals surface area contributed by atoms with Crippen molar-refractivity contribution >= 4 is 16.8 Å². The van der Waals surface area contributed by atoms with Crippen molar-refractivity contribution in [3.8, 4) is 5.88 Å². The fourth-order valence-electron chi connectivity index (χ4n) is 3.55. The number of likely N-dealkylation sites (tertiary alicyclic amines) is 1. The molecule has 1 N–H and O–H groups in total. The first-order valence-corrected chi connectivity index (χ1v) is 8.94. The van der Waals surface area contributed by atoms with Crippen LogP contribution in [0.2, 0.25) is 0 Å². The SMILES string of the molecule is Cc1cc(OC2CCCN(C(=O)c3c[nH]c4ccccc34)C2)nc(C)n1. The number of ether oxygens (including phenoxy) is 1. The van der Waals surface area contributed by atoms with E-state index in [4.69, 9.17) is 4.74 Å². The van der Waals surface area contributed by atoms with Crippen LogP contribution in [-0.4, -0.2) is 45.0 Å². The number of hydrogen-bond donors (Lipinski definition) is 1. The third kappa shape index (κ3) is 3.27. The maximum atomic E-state index is 13.0. The molecule has 0 radical (unpaired) electrons. The minimum atomic E-state index is -0.0494. The smallest absolute Gasteiger partial charge is 0.256 e. The first kappa shape index (κ1) is 16.6. The lowest BCUT2D eigenvalue weighted by Crippen LogP contribution is -2.44. The number of amides is 1. The lowest BCUT2D eigenvalue weighted by Gasteiger charge is -2.32. The van der Waals surface area contributed by atoms with E-state index in [2.05, 4.69) is 15.0 Å². The molecule has 6 heteroatoms. The van der Waals surface area contributed by atoms with E-state index in [1.807, 2.05) is 49.1 Å². The van der Waals surface area contributed by atoms with E-state index >= 15 is 0 Å². The van der Waals surface area contributed by atoms with Gasteiger partial charge in [-0.1, -0.05) is 18.2 Å². The molecule has 0 aliphatic carbocycles. The average molecular weight is 350 g/mol. The summed E-state index contributed by atoms with van der Waals surface area (Å²) in [5, 5.41) is 0.961. The van der Waals surface area contributed by atoms with Crippen LogP contribution in [0.3, 0.4) is 0 Å². The fourth-order valence-corrected chi connectivity index (χ4v) is 3.55. The van der Waals surface area contributed by atoms with Gasteiger partial charge < -0.3 is 14.6 Å². The van der Waals surface area contributed by atoms with Gasteiger partial charge in [0.05, 0.1) is 12.1 Å². The standard InChI is InChI=1S/C20H22N4O2/c1-13-10-19(23-14(2)22-13)26-15-6-5-9-24(12-15)20(25)17-11-21-18-8-4-3-7-16(17)18/h3-4,7-8,10-11,15,21H,5-6,9,12H2,1-2H3. The zero-order chi connectivity index (χ0) is 18.1. The molecule has 1 atom stereocenters. The number of rotatable bonds is 3. The van der Waals surface area contributed by atoms with Crippen LogP contribution < -0.4 is 4.74 Å². The Hall–Kier alpha value is -2.89. The Morgan fingerprint density at radius 1 is 1.27 bits per heavy atom. The van der Waals surface area contributed by atoms with Crippen molar-refractivity contribution in [1.82, 2.24) is 19.9 Å². The monoisotopic (exact) mass is 350 g/mol. The maximum Gasteiger partial charge on any atom is 0.256 e. The van der Waals surface area contributed by atoms with E-state index in [-0.39, 0.29) is 12.0 Å². The summed E-state index contributed by atoms with van der Waals surface area (Å²) in [5.74, 6) is 1.33. The number of hydrogen-bond acceptors (Lipinski definition) is 4. The van der Waals surface area contributed by atoms with Crippen LogP contribution in [-0.2, 0) is 0 Å². The average Bonchev–Trinajstić information content (AvgIpc) is 3.04. The normalized spacial score (nSPS) is 17.5. The molecule has 1 unspecified atom stereocenters. The maximum absolute atomic E-state index is 13.0. The molecule has 4 rings (SSSR count). The summed E-state index contributed by atoms with van der Waals surface area (Å²) >= 11 is 0. The number of benzene rings is 1. The lowest BCUT2D eigenvalue weighted by molar-refractivity contribution is 0.0528. The number of H-pyrrole nitrogens is 1. The van der Waals surface area contributed by atoms with Gasteiger partial charge in [-0.25, -0.2) is 4.98 Å². The molecular formula is C20H22N4O2. The number of carbonyl (C=O) groups excluding carboxylic acids is 1. The molecule has 0 bridgehead atoms. The Balaban J connectivity index is 1.50. The molecular weight excluding hydrogens is 328 g/mol. The van der Waals surface area contributed by atoms with Crippen molar-refractivity contribution in [1.29, 1.82) is 0 Å². The number of para-hydroxylation sites is 1. The predicted molar refractivity (Wildman–Crippen MR) is 99.4 cm³/mol. The zero-order valence-corrected chi connectivity index (χ0v) is 15.0. The fraction of sp³-hybridized carbons (Fsp3) is 0.350. The molecule has 1 saturated heterocycles. The van der Waals surface area contributed by atoms with Crippen molar-refractivity contribution in [2.24, 2.45) is 0 Å². The highest BCUT2D eigenvalue weighted by atomic mass is 16.5. The molecule has 3 aromatic rings. The summed E-state index contributed by atoms with van der Waals surface area (Å²) in [6, 6.07) is 9.71. The van der Waals surface area contributed by atoms with Crippen LogP contribution >= 0.6 is 0 Å². The number of nitrogens with one attached hydrogen (secondary N) is 1. The summed E-state index contributed by atoms with van der Waals surface area (Å²) in [5.41, 5.74) is 2.58. The second-order valence-corrected chi connectivity index (χ2v) is 6.78. The third-order valence-electron chi connectivity index (χ3n) is 4.71. The van der Waals surface area contributed by atoms with Crippen LogP contribution in [0.5, 0.6) is 5.88 Å².